The molecule has 0 atom stereocenters. The van der Waals surface area contributed by atoms with Crippen LogP contribution in [0.15, 0.2) is 35.4 Å². The predicted molar refractivity (Wildman–Crippen MR) is 79.9 cm³/mol. The summed E-state index contributed by atoms with van der Waals surface area (Å²) in [4.78, 5) is 0. The third-order valence-electron chi connectivity index (χ3n) is 2.75. The van der Waals surface area contributed by atoms with Gasteiger partial charge in [0.05, 0.1) is 29.0 Å². The summed E-state index contributed by atoms with van der Waals surface area (Å²) in [5, 5.41) is 14.2. The molecule has 1 heterocycles. The molecule has 2 aromatic rings. The van der Waals surface area contributed by atoms with E-state index in [-0.39, 0.29) is 0 Å². The Labute approximate surface area is 123 Å². The van der Waals surface area contributed by atoms with Crippen LogP contribution in [0.5, 0.6) is 5.75 Å². The Bertz CT molecular complexity index is 599. The van der Waals surface area contributed by atoms with Crippen molar-refractivity contribution >= 4 is 11.8 Å². The van der Waals surface area contributed by atoms with Gasteiger partial charge in [0.25, 0.3) is 0 Å². The smallest absolute Gasteiger partial charge is 0.119 e. The number of thioether (sulfide) groups is 1. The molecule has 0 N–H and O–H groups in total. The van der Waals surface area contributed by atoms with E-state index >= 15 is 0 Å². The fourth-order valence-corrected chi connectivity index (χ4v) is 2.73. The molecule has 20 heavy (non-hydrogen) atoms. The first kappa shape index (κ1) is 14.5. The van der Waals surface area contributed by atoms with Crippen molar-refractivity contribution in [2.45, 2.75) is 18.4 Å². The van der Waals surface area contributed by atoms with Crippen LogP contribution < -0.4 is 4.74 Å². The minimum Gasteiger partial charge on any atom is -0.494 e. The molecular weight excluding hydrogens is 270 g/mol. The molecule has 0 fully saturated rings. The number of benzene rings is 1. The number of nitriles is 1. The summed E-state index contributed by atoms with van der Waals surface area (Å²) >= 11 is 1.79. The molecule has 0 bridgehead atoms. The van der Waals surface area contributed by atoms with Gasteiger partial charge >= 0.3 is 0 Å². The van der Waals surface area contributed by atoms with Crippen LogP contribution in [-0.2, 0) is 7.05 Å². The molecule has 0 unspecified atom stereocenters. The van der Waals surface area contributed by atoms with E-state index in [4.69, 9.17) is 10.00 Å². The van der Waals surface area contributed by atoms with E-state index in [2.05, 4.69) is 17.2 Å². The molecule has 0 saturated carbocycles. The van der Waals surface area contributed by atoms with Gasteiger partial charge in [-0.1, -0.05) is 0 Å². The summed E-state index contributed by atoms with van der Waals surface area (Å²) in [6, 6.07) is 11.4. The lowest BCUT2D eigenvalue weighted by atomic mass is 10.2. The lowest BCUT2D eigenvalue weighted by molar-refractivity contribution is 0.318. The van der Waals surface area contributed by atoms with E-state index in [9.17, 15) is 0 Å². The Morgan fingerprint density at radius 1 is 1.35 bits per heavy atom. The van der Waals surface area contributed by atoms with E-state index in [1.807, 2.05) is 30.8 Å². The minimum atomic E-state index is 0.652. The highest BCUT2D eigenvalue weighted by Gasteiger charge is 2.02. The van der Waals surface area contributed by atoms with Gasteiger partial charge in [-0.2, -0.15) is 10.4 Å². The van der Waals surface area contributed by atoms with Gasteiger partial charge < -0.3 is 4.74 Å². The van der Waals surface area contributed by atoms with Crippen LogP contribution in [0.1, 0.15) is 17.7 Å². The number of ether oxygens (including phenoxy) is 1. The van der Waals surface area contributed by atoms with E-state index in [0.717, 1.165) is 23.6 Å². The second kappa shape index (κ2) is 7.01. The number of aryl methyl sites for hydroxylation is 2. The zero-order valence-corrected chi connectivity index (χ0v) is 12.5. The topological polar surface area (TPSA) is 50.8 Å². The second-order valence-corrected chi connectivity index (χ2v) is 5.55. The van der Waals surface area contributed by atoms with Crippen molar-refractivity contribution in [3.8, 4) is 11.8 Å². The molecule has 0 aliphatic heterocycles. The van der Waals surface area contributed by atoms with Crippen molar-refractivity contribution < 1.29 is 4.74 Å². The van der Waals surface area contributed by atoms with Crippen molar-refractivity contribution in [1.82, 2.24) is 9.78 Å². The number of hydrogen-bond donors (Lipinski definition) is 0. The molecule has 5 heteroatoms. The maximum absolute atomic E-state index is 8.71. The highest BCUT2D eigenvalue weighted by Crippen LogP contribution is 2.19. The molecule has 0 saturated heterocycles. The van der Waals surface area contributed by atoms with Crippen molar-refractivity contribution in [2.24, 2.45) is 7.05 Å². The minimum absolute atomic E-state index is 0.652. The van der Waals surface area contributed by atoms with Crippen LogP contribution in [0.3, 0.4) is 0 Å². The van der Waals surface area contributed by atoms with E-state index in [0.29, 0.717) is 12.2 Å². The maximum Gasteiger partial charge on any atom is 0.119 e. The van der Waals surface area contributed by atoms with Gasteiger partial charge in [-0.25, -0.2) is 0 Å². The van der Waals surface area contributed by atoms with Crippen molar-refractivity contribution in [1.29, 1.82) is 5.26 Å². The van der Waals surface area contributed by atoms with Crippen LogP contribution in [0, 0.1) is 18.3 Å². The molecule has 0 amide bonds. The summed E-state index contributed by atoms with van der Waals surface area (Å²) in [6.07, 6.45) is 0.967. The van der Waals surface area contributed by atoms with Gasteiger partial charge in [-0.15, -0.1) is 11.8 Å². The van der Waals surface area contributed by atoms with Crippen LogP contribution >= 0.6 is 11.8 Å². The first-order valence-electron chi connectivity index (χ1n) is 6.45. The van der Waals surface area contributed by atoms with E-state index in [1.54, 1.807) is 23.9 Å². The Balaban J connectivity index is 1.69. The van der Waals surface area contributed by atoms with Crippen LogP contribution in [0.25, 0.3) is 0 Å². The van der Waals surface area contributed by atoms with Gasteiger partial charge in [0.2, 0.25) is 0 Å². The third kappa shape index (κ3) is 4.04. The normalized spacial score (nSPS) is 10.2. The van der Waals surface area contributed by atoms with Crippen molar-refractivity contribution in [2.75, 3.05) is 12.4 Å². The van der Waals surface area contributed by atoms with Crippen molar-refractivity contribution in [3.05, 3.63) is 41.6 Å². The highest BCUT2D eigenvalue weighted by atomic mass is 32.2. The maximum atomic E-state index is 8.71. The summed E-state index contributed by atoms with van der Waals surface area (Å²) in [7, 11) is 1.96. The number of hydrogen-bond acceptors (Lipinski definition) is 4. The third-order valence-corrected chi connectivity index (χ3v) is 3.92. The van der Waals surface area contributed by atoms with Gasteiger partial charge in [0.1, 0.15) is 5.75 Å². The molecule has 4 nitrogen and oxygen atoms in total. The molecule has 1 aromatic carbocycles. The molecular formula is C15H17N3OS. The summed E-state index contributed by atoms with van der Waals surface area (Å²) in [6.45, 7) is 2.67. The molecule has 0 aliphatic rings. The first-order valence-corrected chi connectivity index (χ1v) is 7.44. The van der Waals surface area contributed by atoms with Crippen LogP contribution in [0.4, 0.5) is 0 Å². The largest absolute Gasteiger partial charge is 0.494 e. The monoisotopic (exact) mass is 287 g/mol. The van der Waals surface area contributed by atoms with Crippen LogP contribution in [-0.4, -0.2) is 22.1 Å². The van der Waals surface area contributed by atoms with E-state index < -0.39 is 0 Å². The van der Waals surface area contributed by atoms with Gasteiger partial charge in [0.15, 0.2) is 0 Å². The zero-order chi connectivity index (χ0) is 14.4. The van der Waals surface area contributed by atoms with Gasteiger partial charge in [0, 0.05) is 12.8 Å². The molecule has 0 spiro atoms. The Morgan fingerprint density at radius 2 is 2.10 bits per heavy atom. The predicted octanol–water partition coefficient (Wildman–Crippen LogP) is 3.16. The summed E-state index contributed by atoms with van der Waals surface area (Å²) in [5.74, 6) is 1.81. The molecule has 2 rings (SSSR count). The fourth-order valence-electron chi connectivity index (χ4n) is 1.77. The summed E-state index contributed by atoms with van der Waals surface area (Å²) in [5.41, 5.74) is 1.70. The Kier molecular flexibility index (Phi) is 5.08. The average Bonchev–Trinajstić information content (AvgIpc) is 2.77. The first-order chi connectivity index (χ1) is 9.69. The lowest BCUT2D eigenvalue weighted by Crippen LogP contribution is -1.99. The fraction of sp³-hybridized carbons (Fsp3) is 0.333. The van der Waals surface area contributed by atoms with Crippen molar-refractivity contribution in [3.63, 3.8) is 0 Å². The second-order valence-electron chi connectivity index (χ2n) is 4.43. The lowest BCUT2D eigenvalue weighted by Gasteiger charge is -2.06. The standard InChI is InChI=1S/C15H17N3OS/c1-12-10-15(18(2)17-12)20-9-3-8-19-14-6-4-13(11-16)5-7-14/h4-7,10H,3,8-9H2,1-2H3. The molecule has 1 aromatic heterocycles. The Morgan fingerprint density at radius 3 is 2.70 bits per heavy atom. The molecule has 0 aliphatic carbocycles. The van der Waals surface area contributed by atoms with Gasteiger partial charge in [-0.3, -0.25) is 4.68 Å². The van der Waals surface area contributed by atoms with Crippen LogP contribution in [0.2, 0.25) is 0 Å². The number of rotatable bonds is 6. The number of aromatic nitrogens is 2. The highest BCUT2D eigenvalue weighted by molar-refractivity contribution is 7.99. The molecule has 0 radical (unpaired) electrons. The van der Waals surface area contributed by atoms with E-state index in [1.165, 1.54) is 5.03 Å². The van der Waals surface area contributed by atoms with Gasteiger partial charge in [-0.05, 0) is 43.7 Å². The zero-order valence-electron chi connectivity index (χ0n) is 11.7. The Hall–Kier alpha value is -1.93. The quantitative estimate of drug-likeness (QED) is 0.605. The summed E-state index contributed by atoms with van der Waals surface area (Å²) < 4.78 is 7.54. The average molecular weight is 287 g/mol. The number of nitrogens with zero attached hydrogens (tertiary/aromatic N) is 3. The SMILES string of the molecule is Cc1cc(SCCCOc2ccc(C#N)cc2)n(C)n1. The molecule has 104 valence electrons.